The SMILES string of the molecule is O=c1cc(C(F)(F)F)nc(SCCO[C@@H]2CCCCO2)[nH]1. The number of H-pyrrole nitrogens is 1. The topological polar surface area (TPSA) is 64.2 Å². The first-order valence-electron chi connectivity index (χ1n) is 6.50. The van der Waals surface area contributed by atoms with E-state index in [1.165, 1.54) is 0 Å². The summed E-state index contributed by atoms with van der Waals surface area (Å²) in [6.45, 7) is 0.982. The molecule has 1 fully saturated rings. The Hall–Kier alpha value is -1.06. The Balaban J connectivity index is 1.82. The Morgan fingerprint density at radius 1 is 1.48 bits per heavy atom. The minimum Gasteiger partial charge on any atom is -0.353 e. The molecule has 9 heteroatoms. The van der Waals surface area contributed by atoms with Crippen molar-refractivity contribution in [3.05, 3.63) is 22.1 Å². The smallest absolute Gasteiger partial charge is 0.353 e. The van der Waals surface area contributed by atoms with E-state index in [-0.39, 0.29) is 11.4 Å². The molecule has 0 radical (unpaired) electrons. The molecule has 0 spiro atoms. The van der Waals surface area contributed by atoms with Crippen molar-refractivity contribution in [3.63, 3.8) is 0 Å². The third-order valence-electron chi connectivity index (χ3n) is 2.77. The molecule has 1 aromatic heterocycles. The zero-order valence-electron chi connectivity index (χ0n) is 11.1. The predicted octanol–water partition coefficient (Wildman–Crippen LogP) is 2.42. The summed E-state index contributed by atoms with van der Waals surface area (Å²) >= 11 is 1.01. The van der Waals surface area contributed by atoms with Crippen LogP contribution in [0.3, 0.4) is 0 Å². The Morgan fingerprint density at radius 3 is 2.95 bits per heavy atom. The lowest BCUT2D eigenvalue weighted by Gasteiger charge is -2.22. The van der Waals surface area contributed by atoms with Crippen molar-refractivity contribution in [1.82, 2.24) is 9.97 Å². The van der Waals surface area contributed by atoms with Gasteiger partial charge in [-0.05, 0) is 19.3 Å². The lowest BCUT2D eigenvalue weighted by molar-refractivity contribution is -0.158. The maximum Gasteiger partial charge on any atom is 0.433 e. The first kappa shape index (κ1) is 16.3. The van der Waals surface area contributed by atoms with Gasteiger partial charge in [-0.15, -0.1) is 0 Å². The average molecular weight is 324 g/mol. The molecule has 118 valence electrons. The van der Waals surface area contributed by atoms with Gasteiger partial charge in [0.1, 0.15) is 0 Å². The molecular formula is C12H15F3N2O3S. The molecule has 0 saturated carbocycles. The van der Waals surface area contributed by atoms with Gasteiger partial charge in [-0.2, -0.15) is 13.2 Å². The van der Waals surface area contributed by atoms with Crippen molar-refractivity contribution in [3.8, 4) is 0 Å². The number of alkyl halides is 3. The molecule has 0 aromatic carbocycles. The van der Waals surface area contributed by atoms with Crippen molar-refractivity contribution in [2.45, 2.75) is 36.9 Å². The molecule has 0 unspecified atom stereocenters. The fourth-order valence-electron chi connectivity index (χ4n) is 1.81. The molecule has 0 amide bonds. The molecule has 2 heterocycles. The van der Waals surface area contributed by atoms with Gasteiger partial charge in [-0.25, -0.2) is 4.98 Å². The molecule has 0 aliphatic carbocycles. The summed E-state index contributed by atoms with van der Waals surface area (Å²) in [5.74, 6) is 0.379. The van der Waals surface area contributed by atoms with Gasteiger partial charge in [0, 0.05) is 18.4 Å². The molecular weight excluding hydrogens is 309 g/mol. The summed E-state index contributed by atoms with van der Waals surface area (Å²) in [5.41, 5.74) is -2.01. The van der Waals surface area contributed by atoms with Crippen molar-refractivity contribution < 1.29 is 22.6 Å². The number of aromatic amines is 1. The van der Waals surface area contributed by atoms with Crippen molar-refractivity contribution in [2.24, 2.45) is 0 Å². The highest BCUT2D eigenvalue weighted by Gasteiger charge is 2.33. The Kier molecular flexibility index (Phi) is 5.65. The summed E-state index contributed by atoms with van der Waals surface area (Å²) < 4.78 is 48.3. The Labute approximate surface area is 123 Å². The minimum atomic E-state index is -4.63. The third-order valence-corrected chi connectivity index (χ3v) is 3.61. The fourth-order valence-corrected chi connectivity index (χ4v) is 2.52. The van der Waals surface area contributed by atoms with E-state index >= 15 is 0 Å². The van der Waals surface area contributed by atoms with Gasteiger partial charge in [-0.1, -0.05) is 11.8 Å². The molecule has 1 aliphatic rings. The van der Waals surface area contributed by atoms with E-state index in [9.17, 15) is 18.0 Å². The molecule has 0 bridgehead atoms. The van der Waals surface area contributed by atoms with Crippen LogP contribution in [0.15, 0.2) is 16.0 Å². The second-order valence-electron chi connectivity index (χ2n) is 4.45. The maximum absolute atomic E-state index is 12.5. The van der Waals surface area contributed by atoms with Crippen LogP contribution in [0.25, 0.3) is 0 Å². The van der Waals surface area contributed by atoms with E-state index in [0.717, 1.165) is 31.0 Å². The number of ether oxygens (including phenoxy) is 2. The largest absolute Gasteiger partial charge is 0.433 e. The molecule has 1 aliphatic heterocycles. The van der Waals surface area contributed by atoms with Crippen LogP contribution in [-0.2, 0) is 15.7 Å². The monoisotopic (exact) mass is 324 g/mol. The van der Waals surface area contributed by atoms with Crippen LogP contribution in [0, 0.1) is 0 Å². The molecule has 2 rings (SSSR count). The first-order valence-corrected chi connectivity index (χ1v) is 7.48. The molecule has 1 aromatic rings. The minimum absolute atomic E-state index is 0.0667. The molecule has 1 atom stereocenters. The summed E-state index contributed by atoms with van der Waals surface area (Å²) in [4.78, 5) is 16.8. The number of aromatic nitrogens is 2. The zero-order valence-corrected chi connectivity index (χ0v) is 11.9. The van der Waals surface area contributed by atoms with E-state index < -0.39 is 17.4 Å². The predicted molar refractivity (Wildman–Crippen MR) is 70.1 cm³/mol. The van der Waals surface area contributed by atoms with Crippen LogP contribution in [0.4, 0.5) is 13.2 Å². The van der Waals surface area contributed by atoms with Gasteiger partial charge in [0.05, 0.1) is 6.61 Å². The molecule has 21 heavy (non-hydrogen) atoms. The van der Waals surface area contributed by atoms with Gasteiger partial charge in [-0.3, -0.25) is 4.79 Å². The van der Waals surface area contributed by atoms with Gasteiger partial charge < -0.3 is 14.5 Å². The maximum atomic E-state index is 12.5. The number of rotatable bonds is 5. The number of nitrogens with one attached hydrogen (secondary N) is 1. The van der Waals surface area contributed by atoms with Crippen LogP contribution in [0.5, 0.6) is 0 Å². The molecule has 5 nitrogen and oxygen atoms in total. The van der Waals surface area contributed by atoms with E-state index in [1.54, 1.807) is 0 Å². The lowest BCUT2D eigenvalue weighted by Crippen LogP contribution is -2.23. The number of hydrogen-bond donors (Lipinski definition) is 1. The summed E-state index contributed by atoms with van der Waals surface area (Å²) in [7, 11) is 0. The summed E-state index contributed by atoms with van der Waals surface area (Å²) in [5, 5.41) is -0.0667. The number of halogens is 3. The van der Waals surface area contributed by atoms with Crippen LogP contribution in [-0.4, -0.2) is 35.2 Å². The summed E-state index contributed by atoms with van der Waals surface area (Å²) in [6, 6.07) is 0.441. The van der Waals surface area contributed by atoms with Crippen molar-refractivity contribution in [1.29, 1.82) is 0 Å². The van der Waals surface area contributed by atoms with Crippen LogP contribution in [0.1, 0.15) is 25.0 Å². The van der Waals surface area contributed by atoms with Gasteiger partial charge >= 0.3 is 6.18 Å². The van der Waals surface area contributed by atoms with Gasteiger partial charge in [0.25, 0.3) is 5.56 Å². The van der Waals surface area contributed by atoms with E-state index in [2.05, 4.69) is 9.97 Å². The normalized spacial score (nSPS) is 19.7. The van der Waals surface area contributed by atoms with Gasteiger partial charge in [0.15, 0.2) is 17.1 Å². The Morgan fingerprint density at radius 2 is 2.29 bits per heavy atom. The van der Waals surface area contributed by atoms with Crippen molar-refractivity contribution in [2.75, 3.05) is 19.0 Å². The number of thioether (sulfide) groups is 1. The first-order chi connectivity index (χ1) is 9.95. The molecule has 1 saturated heterocycles. The Bertz CT molecular complexity index is 515. The standard InChI is InChI=1S/C12H15F3N2O3S/c13-12(14,15)8-7-9(18)17-11(16-8)21-6-5-20-10-3-1-2-4-19-10/h7,10H,1-6H2,(H,16,17,18)/t10-/m1/s1. The molecule has 1 N–H and O–H groups in total. The van der Waals surface area contributed by atoms with Crippen LogP contribution < -0.4 is 5.56 Å². The fraction of sp³-hybridized carbons (Fsp3) is 0.667. The van der Waals surface area contributed by atoms with Gasteiger partial charge in [0.2, 0.25) is 0 Å². The highest BCUT2D eigenvalue weighted by Crippen LogP contribution is 2.27. The van der Waals surface area contributed by atoms with Crippen LogP contribution in [0.2, 0.25) is 0 Å². The van der Waals surface area contributed by atoms with E-state index in [1.807, 2.05) is 0 Å². The second kappa shape index (κ2) is 7.28. The summed E-state index contributed by atoms with van der Waals surface area (Å²) in [6.07, 6.45) is -1.99. The van der Waals surface area contributed by atoms with E-state index in [0.29, 0.717) is 25.0 Å². The average Bonchev–Trinajstić information content (AvgIpc) is 2.43. The van der Waals surface area contributed by atoms with Crippen LogP contribution >= 0.6 is 11.8 Å². The third kappa shape index (κ3) is 5.33. The number of nitrogens with zero attached hydrogens (tertiary/aromatic N) is 1. The highest BCUT2D eigenvalue weighted by atomic mass is 32.2. The van der Waals surface area contributed by atoms with Crippen molar-refractivity contribution >= 4 is 11.8 Å². The quantitative estimate of drug-likeness (QED) is 0.512. The zero-order chi connectivity index (χ0) is 15.3. The van der Waals surface area contributed by atoms with E-state index in [4.69, 9.17) is 9.47 Å². The highest BCUT2D eigenvalue weighted by molar-refractivity contribution is 7.99. The lowest BCUT2D eigenvalue weighted by atomic mass is 10.2. The number of hydrogen-bond acceptors (Lipinski definition) is 5. The second-order valence-corrected chi connectivity index (χ2v) is 5.53.